The Labute approximate surface area is 710 Å². The molecule has 0 bridgehead atoms. The number of aromatic nitrogens is 3. The fourth-order valence-corrected chi connectivity index (χ4v) is 13.9. The van der Waals surface area contributed by atoms with Crippen molar-refractivity contribution in [3.05, 3.63) is 285 Å². The Bertz CT molecular complexity index is 5670. The Balaban J connectivity index is 0.000000212. The van der Waals surface area contributed by atoms with Crippen molar-refractivity contribution in [2.45, 2.75) is 86.0 Å². The van der Waals surface area contributed by atoms with E-state index in [2.05, 4.69) is 289 Å². The van der Waals surface area contributed by atoms with Crippen molar-refractivity contribution < 1.29 is 94.1 Å². The van der Waals surface area contributed by atoms with Crippen LogP contribution in [-0.4, -0.2) is 84.4 Å². The molecule has 0 aliphatic heterocycles. The summed E-state index contributed by atoms with van der Waals surface area (Å²) in [7, 11) is -4.15. The number of nitrogens with zero attached hydrogens (tertiary/aromatic N) is 2. The van der Waals surface area contributed by atoms with Crippen molar-refractivity contribution in [2.24, 2.45) is 0 Å². The van der Waals surface area contributed by atoms with E-state index >= 15 is 4.39 Å². The van der Waals surface area contributed by atoms with Gasteiger partial charge in [-0.05, 0) is 222 Å². The van der Waals surface area contributed by atoms with Gasteiger partial charge in [-0.1, -0.05) is 197 Å². The molecule has 0 saturated heterocycles. The predicted molar refractivity (Wildman–Crippen MR) is 426 cm³/mol. The Morgan fingerprint density at radius 1 is 0.423 bits per heavy atom. The number of aromatic amines is 1. The van der Waals surface area contributed by atoms with Gasteiger partial charge in [0.1, 0.15) is 23.3 Å². The van der Waals surface area contributed by atoms with Crippen LogP contribution in [0.3, 0.4) is 0 Å². The van der Waals surface area contributed by atoms with E-state index in [1.54, 1.807) is 18.2 Å². The molecule has 3 heterocycles. The van der Waals surface area contributed by atoms with Crippen LogP contribution in [0.5, 0.6) is 0 Å². The molecule has 1 atom stereocenters. The minimum atomic E-state index is -3.15. The normalized spacial score (nSPS) is 11.8. The van der Waals surface area contributed by atoms with Crippen molar-refractivity contribution in [3.8, 4) is 33.6 Å². The first-order chi connectivity index (χ1) is 49.1. The molecule has 3 aromatic heterocycles. The quantitative estimate of drug-likeness (QED) is 0.0463. The van der Waals surface area contributed by atoms with Crippen LogP contribution in [-0.2, 0) is 25.5 Å². The Kier molecular flexibility index (Phi) is 28.0. The third-order valence-electron chi connectivity index (χ3n) is 18.3. The van der Waals surface area contributed by atoms with Gasteiger partial charge in [0.05, 0.1) is 50.9 Å². The molecule has 1 N–H and O–H groups in total. The number of hydrogen-bond donors (Lipinski definition) is 1. The maximum absolute atomic E-state index is 16.0. The first-order valence-corrected chi connectivity index (χ1v) is 52.0. The second kappa shape index (κ2) is 35.5. The fraction of sp³-hybridized carbons (Fsp3) is 0.163. The number of nitrogens with one attached hydrogen (secondary N) is 1. The van der Waals surface area contributed by atoms with E-state index in [9.17, 15) is 17.6 Å². The number of hydrogen-bond acceptors (Lipinski definition) is 4. The van der Waals surface area contributed by atoms with Gasteiger partial charge in [-0.2, -0.15) is 0 Å². The third-order valence-corrected chi connectivity index (χ3v) is 20.0. The van der Waals surface area contributed by atoms with Crippen LogP contribution in [0.4, 0.5) is 22.0 Å². The molecule has 104 heavy (non-hydrogen) atoms. The average Bonchev–Trinajstić information content (AvgIpc) is 1.58. The molecule has 0 radical (unpaired) electrons. The monoisotopic (exact) mass is 1610 g/mol. The number of rotatable bonds is 5. The zero-order valence-corrected chi connectivity index (χ0v) is 72.8. The Morgan fingerprint density at radius 2 is 0.731 bits per heavy atom. The molecule has 16 aromatic rings. The van der Waals surface area contributed by atoms with E-state index in [1.165, 1.54) is 174 Å². The first-order valence-electron chi connectivity index (χ1n) is 34.0. The van der Waals surface area contributed by atoms with E-state index in [0.29, 0.717) is 5.56 Å². The summed E-state index contributed by atoms with van der Waals surface area (Å²) < 4.78 is 88.1. The van der Waals surface area contributed by atoms with Gasteiger partial charge in [-0.25, -0.2) is 22.2 Å². The van der Waals surface area contributed by atoms with E-state index in [-0.39, 0.29) is 96.5 Å². The molecule has 18 heteroatoms. The topological polar surface area (TPSA) is 98.1 Å². The summed E-state index contributed by atoms with van der Waals surface area (Å²) in [5.74, 6) is -2.27. The summed E-state index contributed by atoms with van der Waals surface area (Å²) in [5, 5.41) is 23.3. The van der Waals surface area contributed by atoms with Gasteiger partial charge in [-0.15, -0.1) is 0 Å². The SMILES string of the molecule is C.CC(C)(C)c1ccc2[nH]c3cc4ccccc4cc3c2c1.CC(C)(C)c1ccc2c(c1)c1cc3ccccc3cc1n2-c1cc(-c2ccccc2F)cc(-n2c3ccc(C(C)(C)C)cc3c3cc4ccccc4cc32)c1Br.Fc1ccccc1-c1cc(F)c(Br)c(F)c1.O=[P+]([O-])O[O-].[2H]CF.[K+].[K][K]. The summed E-state index contributed by atoms with van der Waals surface area (Å²) in [6.07, 6.45) is 0. The van der Waals surface area contributed by atoms with Crippen LogP contribution in [0.25, 0.3) is 131 Å². The third kappa shape index (κ3) is 17.9. The van der Waals surface area contributed by atoms with Crippen LogP contribution in [0.1, 0.15) is 87.8 Å². The van der Waals surface area contributed by atoms with Gasteiger partial charge < -0.3 is 24.3 Å². The first kappa shape index (κ1) is 82.0. The van der Waals surface area contributed by atoms with E-state index in [1.807, 2.05) is 12.1 Å². The second-order valence-corrected chi connectivity index (χ2v) is 30.0. The molecule has 7 nitrogen and oxygen atoms in total. The molecule has 0 aliphatic carbocycles. The zero-order chi connectivity index (χ0) is 74.0. The number of alkyl halides is 1. The predicted octanol–water partition coefficient (Wildman–Crippen LogP) is 21.4. The summed E-state index contributed by atoms with van der Waals surface area (Å²) >= 11 is 9.51. The van der Waals surface area contributed by atoms with Crippen LogP contribution in [0.15, 0.2) is 246 Å². The molecule has 0 saturated carbocycles. The average molecular weight is 1620 g/mol. The van der Waals surface area contributed by atoms with E-state index < -0.39 is 32.9 Å². The van der Waals surface area contributed by atoms with Crippen LogP contribution in [0.2, 0.25) is 0 Å². The second-order valence-electron chi connectivity index (χ2n) is 27.8. The number of benzene rings is 13. The Morgan fingerprint density at radius 3 is 1.11 bits per heavy atom. The van der Waals surface area contributed by atoms with Crippen molar-refractivity contribution >= 4 is 201 Å². The van der Waals surface area contributed by atoms with Crippen LogP contribution < -0.4 is 61.5 Å². The standard InChI is InChI=1S/C52H42BrFN2.C20H19N.C12H6BrF3.CH3F.CH4.3K.HO4P/c1-51(2,3)36-19-21-44-41(29-36)39-23-31-13-7-9-15-33(31)25-46(39)55(44)48-27-35(38-17-11-12-18-43(38)54)28-49(50(48)53)56-45-22-20-37(52(4,5)6)30-42(45)40-24-32-14-8-10-16-34(32)26-47(40)56;1-20(2,3)15-8-9-18-17(12-15)16-10-13-6-4-5-7-14(13)11-19(16)21-18;13-12-10(15)5-7(6-11(12)16)8-3-1-2-4-9(8)14;1-2;;;;;1-4-5(2)3/h7-30H,1-6H3;4-12,21H,1-3H3;1-6H;1H3;1H4;;;;1H/q;;;;;;;+1;/p-1/i;;;1D;;;;;. The zero-order valence-electron chi connectivity index (χ0n) is 60.3. The van der Waals surface area contributed by atoms with E-state index in [0.717, 1.165) is 55.6 Å². The van der Waals surface area contributed by atoms with Gasteiger partial charge in [0.2, 0.25) is 0 Å². The van der Waals surface area contributed by atoms with Crippen molar-refractivity contribution in [1.29, 1.82) is 0 Å². The number of fused-ring (bicyclic) bond motifs is 12. The maximum atomic E-state index is 16.0. The van der Waals surface area contributed by atoms with Crippen LogP contribution >= 0.6 is 40.1 Å². The summed E-state index contributed by atoms with van der Waals surface area (Å²) in [4.78, 5) is 12.4. The van der Waals surface area contributed by atoms with Crippen molar-refractivity contribution in [1.82, 2.24) is 14.1 Å². The minimum absolute atomic E-state index is 0. The fourth-order valence-electron chi connectivity index (χ4n) is 13.1. The molecule has 0 aliphatic rings. The van der Waals surface area contributed by atoms with Crippen LogP contribution in [0, 0.1) is 23.3 Å². The Hall–Kier alpha value is -4.46. The van der Waals surface area contributed by atoms with Crippen molar-refractivity contribution in [3.63, 3.8) is 0 Å². The number of H-pyrrole nitrogens is 1. The molecule has 0 fully saturated rings. The summed E-state index contributed by atoms with van der Waals surface area (Å²) in [5.41, 5.74) is 14.5. The number of halogens is 7. The summed E-state index contributed by atoms with van der Waals surface area (Å²) in [6, 6.07) is 79.5. The van der Waals surface area contributed by atoms with Gasteiger partial charge >= 0.3 is 123 Å². The molecule has 1 unspecified atom stereocenters. The van der Waals surface area contributed by atoms with Gasteiger partial charge in [0, 0.05) is 54.5 Å². The molecular weight excluding hydrogens is 1540 g/mol. The van der Waals surface area contributed by atoms with Gasteiger partial charge in [0.25, 0.3) is 0 Å². The molecular formula is C86H74Br2F5K3N3O4P. The van der Waals surface area contributed by atoms with E-state index in [4.69, 9.17) is 16.1 Å². The van der Waals surface area contributed by atoms with Crippen molar-refractivity contribution in [2.75, 3.05) is 7.15 Å². The van der Waals surface area contributed by atoms with Gasteiger partial charge in [-0.3, -0.25) is 4.39 Å². The van der Waals surface area contributed by atoms with Gasteiger partial charge in [0.15, 0.2) is 0 Å². The summed E-state index contributed by atoms with van der Waals surface area (Å²) in [6.45, 7) is 20.4. The molecule has 16 rings (SSSR count). The molecule has 0 amide bonds. The molecule has 13 aromatic carbocycles. The molecule has 0 spiro atoms. The molecule has 514 valence electrons.